The number of rotatable bonds is 5. The van der Waals surface area contributed by atoms with Crippen molar-refractivity contribution in [1.82, 2.24) is 9.97 Å². The average Bonchev–Trinajstić information content (AvgIpc) is 2.76. The number of hydrogen-bond acceptors (Lipinski definition) is 3. The number of nitrogens with one attached hydrogen (secondary N) is 1. The first-order valence-electron chi connectivity index (χ1n) is 6.70. The summed E-state index contributed by atoms with van der Waals surface area (Å²) in [6, 6.07) is 1.94. The van der Waals surface area contributed by atoms with Crippen LogP contribution >= 0.6 is 0 Å². The van der Waals surface area contributed by atoms with E-state index in [2.05, 4.69) is 29.1 Å². The molecule has 0 saturated heterocycles. The lowest BCUT2D eigenvalue weighted by molar-refractivity contribution is 0.252. The Labute approximate surface area is 104 Å². The predicted octanol–water partition coefficient (Wildman–Crippen LogP) is 3.50. The van der Waals surface area contributed by atoms with Gasteiger partial charge < -0.3 is 5.32 Å². The van der Waals surface area contributed by atoms with Crippen molar-refractivity contribution in [2.24, 2.45) is 11.3 Å². The lowest BCUT2D eigenvalue weighted by Gasteiger charge is -2.31. The first-order valence-corrected chi connectivity index (χ1v) is 6.70. The number of hydrogen-bond donors (Lipinski definition) is 1. The summed E-state index contributed by atoms with van der Waals surface area (Å²) >= 11 is 0. The highest BCUT2D eigenvalue weighted by Gasteiger charge is 2.34. The van der Waals surface area contributed by atoms with E-state index in [9.17, 15) is 0 Å². The van der Waals surface area contributed by atoms with Crippen LogP contribution in [0.5, 0.6) is 0 Å². The molecular weight excluding hydrogens is 210 g/mol. The van der Waals surface area contributed by atoms with Crippen molar-refractivity contribution in [1.29, 1.82) is 0 Å². The van der Waals surface area contributed by atoms with E-state index in [4.69, 9.17) is 0 Å². The van der Waals surface area contributed by atoms with Gasteiger partial charge in [0, 0.05) is 12.7 Å². The van der Waals surface area contributed by atoms with Gasteiger partial charge in [-0.05, 0) is 36.7 Å². The third-order valence-electron chi connectivity index (χ3n) is 3.73. The van der Waals surface area contributed by atoms with Gasteiger partial charge in [-0.2, -0.15) is 0 Å². The van der Waals surface area contributed by atoms with Crippen LogP contribution in [0.25, 0.3) is 0 Å². The minimum Gasteiger partial charge on any atom is -0.369 e. The van der Waals surface area contributed by atoms with Crippen LogP contribution in [0, 0.1) is 11.3 Å². The lowest BCUT2D eigenvalue weighted by atomic mass is 9.78. The van der Waals surface area contributed by atoms with Crippen LogP contribution in [0.4, 0.5) is 5.82 Å². The van der Waals surface area contributed by atoms with Gasteiger partial charge in [0.15, 0.2) is 0 Å². The van der Waals surface area contributed by atoms with Gasteiger partial charge in [-0.15, -0.1) is 0 Å². The van der Waals surface area contributed by atoms with Crippen LogP contribution in [0.3, 0.4) is 0 Å². The molecule has 3 nitrogen and oxygen atoms in total. The molecule has 1 fully saturated rings. The van der Waals surface area contributed by atoms with Crippen LogP contribution in [0.2, 0.25) is 0 Å². The quantitative estimate of drug-likeness (QED) is 0.846. The SMILES string of the molecule is CC(C)CC1(CNc2ccncn2)CCCC1. The standard InChI is InChI=1S/C14H23N3/c1-12(2)9-14(6-3-4-7-14)10-16-13-5-8-15-11-17-13/h5,8,11-12H,3-4,6-7,9-10H2,1-2H3,(H,15,16,17). The first-order chi connectivity index (χ1) is 8.20. The maximum Gasteiger partial charge on any atom is 0.129 e. The first kappa shape index (κ1) is 12.3. The van der Waals surface area contributed by atoms with E-state index in [1.807, 2.05) is 6.07 Å². The van der Waals surface area contributed by atoms with Gasteiger partial charge in [0.25, 0.3) is 0 Å². The maximum absolute atomic E-state index is 4.23. The smallest absolute Gasteiger partial charge is 0.129 e. The van der Waals surface area contributed by atoms with E-state index >= 15 is 0 Å². The zero-order valence-electron chi connectivity index (χ0n) is 10.9. The largest absolute Gasteiger partial charge is 0.369 e. The highest BCUT2D eigenvalue weighted by molar-refractivity contribution is 5.31. The Kier molecular flexibility index (Phi) is 3.97. The average molecular weight is 233 g/mol. The van der Waals surface area contributed by atoms with Crippen molar-refractivity contribution in [3.63, 3.8) is 0 Å². The number of nitrogens with zero attached hydrogens (tertiary/aromatic N) is 2. The molecule has 94 valence electrons. The predicted molar refractivity (Wildman–Crippen MR) is 70.9 cm³/mol. The molecule has 3 heteroatoms. The van der Waals surface area contributed by atoms with Gasteiger partial charge >= 0.3 is 0 Å². The Morgan fingerprint density at radius 1 is 1.35 bits per heavy atom. The van der Waals surface area contributed by atoms with Gasteiger partial charge in [-0.1, -0.05) is 26.7 Å². The van der Waals surface area contributed by atoms with Crippen molar-refractivity contribution >= 4 is 5.82 Å². The molecule has 0 radical (unpaired) electrons. The van der Waals surface area contributed by atoms with E-state index in [-0.39, 0.29) is 0 Å². The zero-order chi connectivity index (χ0) is 12.1. The Bertz CT molecular complexity index is 329. The molecule has 0 spiro atoms. The van der Waals surface area contributed by atoms with Gasteiger partial charge in [0.05, 0.1) is 0 Å². The summed E-state index contributed by atoms with van der Waals surface area (Å²) in [4.78, 5) is 8.17. The van der Waals surface area contributed by atoms with Crippen molar-refractivity contribution in [2.75, 3.05) is 11.9 Å². The lowest BCUT2D eigenvalue weighted by Crippen LogP contribution is -2.28. The van der Waals surface area contributed by atoms with Crippen LogP contribution in [0.1, 0.15) is 46.0 Å². The van der Waals surface area contributed by atoms with Crippen LogP contribution < -0.4 is 5.32 Å². The summed E-state index contributed by atoms with van der Waals surface area (Å²) < 4.78 is 0. The molecule has 0 bridgehead atoms. The molecule has 1 aromatic heterocycles. The van der Waals surface area contributed by atoms with Crippen LogP contribution in [0.15, 0.2) is 18.6 Å². The topological polar surface area (TPSA) is 37.8 Å². The van der Waals surface area contributed by atoms with Gasteiger partial charge in [-0.25, -0.2) is 9.97 Å². The Morgan fingerprint density at radius 2 is 2.12 bits per heavy atom. The molecule has 0 aliphatic heterocycles. The Hall–Kier alpha value is -1.12. The number of anilines is 1. The molecule has 1 N–H and O–H groups in total. The molecule has 0 unspecified atom stereocenters. The van der Waals surface area contributed by atoms with E-state index in [1.165, 1.54) is 32.1 Å². The minimum atomic E-state index is 0.499. The Morgan fingerprint density at radius 3 is 2.71 bits per heavy atom. The van der Waals surface area contributed by atoms with E-state index in [1.54, 1.807) is 12.5 Å². The molecule has 2 rings (SSSR count). The van der Waals surface area contributed by atoms with Gasteiger partial charge in [0.2, 0.25) is 0 Å². The minimum absolute atomic E-state index is 0.499. The van der Waals surface area contributed by atoms with Crippen LogP contribution in [-0.4, -0.2) is 16.5 Å². The molecular formula is C14H23N3. The normalized spacial score (nSPS) is 18.5. The number of aromatic nitrogens is 2. The monoisotopic (exact) mass is 233 g/mol. The molecule has 1 saturated carbocycles. The fraction of sp³-hybridized carbons (Fsp3) is 0.714. The second-order valence-corrected chi connectivity index (χ2v) is 5.75. The maximum atomic E-state index is 4.23. The van der Waals surface area contributed by atoms with Gasteiger partial charge in [0.1, 0.15) is 12.1 Å². The van der Waals surface area contributed by atoms with E-state index in [0.29, 0.717) is 5.41 Å². The highest BCUT2D eigenvalue weighted by atomic mass is 15.0. The summed E-state index contributed by atoms with van der Waals surface area (Å²) in [6.07, 6.45) is 10.2. The zero-order valence-corrected chi connectivity index (χ0v) is 10.9. The fourth-order valence-corrected chi connectivity index (χ4v) is 3.12. The van der Waals surface area contributed by atoms with E-state index < -0.39 is 0 Å². The van der Waals surface area contributed by atoms with Gasteiger partial charge in [-0.3, -0.25) is 0 Å². The van der Waals surface area contributed by atoms with Crippen molar-refractivity contribution in [3.05, 3.63) is 18.6 Å². The highest BCUT2D eigenvalue weighted by Crippen LogP contribution is 2.43. The molecule has 0 aromatic carbocycles. The van der Waals surface area contributed by atoms with Crippen molar-refractivity contribution in [3.8, 4) is 0 Å². The third kappa shape index (κ3) is 3.42. The summed E-state index contributed by atoms with van der Waals surface area (Å²) in [5.41, 5.74) is 0.499. The molecule has 0 atom stereocenters. The molecule has 1 aromatic rings. The van der Waals surface area contributed by atoms with Crippen molar-refractivity contribution < 1.29 is 0 Å². The Balaban J connectivity index is 1.94. The second-order valence-electron chi connectivity index (χ2n) is 5.75. The molecule has 1 aliphatic rings. The van der Waals surface area contributed by atoms with E-state index in [0.717, 1.165) is 18.3 Å². The molecule has 1 heterocycles. The third-order valence-corrected chi connectivity index (χ3v) is 3.73. The van der Waals surface area contributed by atoms with Crippen molar-refractivity contribution in [2.45, 2.75) is 46.0 Å². The molecule has 0 amide bonds. The summed E-state index contributed by atoms with van der Waals surface area (Å²) in [7, 11) is 0. The molecule has 17 heavy (non-hydrogen) atoms. The molecule has 1 aliphatic carbocycles. The second kappa shape index (κ2) is 5.48. The summed E-state index contributed by atoms with van der Waals surface area (Å²) in [6.45, 7) is 5.71. The summed E-state index contributed by atoms with van der Waals surface area (Å²) in [5, 5.41) is 3.48. The fourth-order valence-electron chi connectivity index (χ4n) is 3.12. The summed E-state index contributed by atoms with van der Waals surface area (Å²) in [5.74, 6) is 1.73. The van der Waals surface area contributed by atoms with Crippen LogP contribution in [-0.2, 0) is 0 Å².